The van der Waals surface area contributed by atoms with Crippen LogP contribution < -0.4 is 0 Å². The third kappa shape index (κ3) is 2.16. The molecule has 5 nitrogen and oxygen atoms in total. The van der Waals surface area contributed by atoms with E-state index in [4.69, 9.17) is 4.52 Å². The number of nitrogens with zero attached hydrogens (tertiary/aromatic N) is 2. The average Bonchev–Trinajstić information content (AvgIpc) is 3.02. The van der Waals surface area contributed by atoms with E-state index < -0.39 is 0 Å². The molecule has 1 saturated heterocycles. The van der Waals surface area contributed by atoms with Crippen molar-refractivity contribution in [2.24, 2.45) is 11.8 Å². The number of aliphatic hydroxyl groups excluding tert-OH is 1. The van der Waals surface area contributed by atoms with E-state index in [2.05, 4.69) is 5.16 Å². The van der Waals surface area contributed by atoms with Gasteiger partial charge in [0, 0.05) is 24.6 Å². The van der Waals surface area contributed by atoms with Crippen molar-refractivity contribution in [3.8, 4) is 0 Å². The summed E-state index contributed by atoms with van der Waals surface area (Å²) in [6.07, 6.45) is 2.07. The zero-order chi connectivity index (χ0) is 13.6. The van der Waals surface area contributed by atoms with Gasteiger partial charge in [0.25, 0.3) is 0 Å². The maximum atomic E-state index is 12.3. The summed E-state index contributed by atoms with van der Waals surface area (Å²) in [5.41, 5.74) is 1.70. The van der Waals surface area contributed by atoms with Crippen molar-refractivity contribution in [2.75, 3.05) is 13.1 Å². The fraction of sp³-hybridized carbons (Fsp3) is 0.714. The fourth-order valence-corrected chi connectivity index (χ4v) is 3.46. The molecule has 19 heavy (non-hydrogen) atoms. The first-order valence-corrected chi connectivity index (χ1v) is 6.94. The SMILES string of the molecule is Cc1noc(C)c1CC(=O)N1CC2CCC(O)C2C1. The maximum absolute atomic E-state index is 12.3. The van der Waals surface area contributed by atoms with E-state index in [1.54, 1.807) is 0 Å². The number of amides is 1. The van der Waals surface area contributed by atoms with Crippen LogP contribution in [0, 0.1) is 25.7 Å². The van der Waals surface area contributed by atoms with E-state index in [1.807, 2.05) is 18.7 Å². The van der Waals surface area contributed by atoms with E-state index in [1.165, 1.54) is 0 Å². The van der Waals surface area contributed by atoms with Crippen LogP contribution in [0.5, 0.6) is 0 Å². The van der Waals surface area contributed by atoms with Crippen LogP contribution in [0.4, 0.5) is 0 Å². The first-order chi connectivity index (χ1) is 9.06. The molecular weight excluding hydrogens is 244 g/mol. The lowest BCUT2D eigenvalue weighted by Crippen LogP contribution is -2.32. The molecule has 3 rings (SSSR count). The molecule has 2 heterocycles. The summed E-state index contributed by atoms with van der Waals surface area (Å²) >= 11 is 0. The van der Waals surface area contributed by atoms with Gasteiger partial charge in [-0.1, -0.05) is 5.16 Å². The van der Waals surface area contributed by atoms with Crippen molar-refractivity contribution in [1.82, 2.24) is 10.1 Å². The molecule has 1 aliphatic carbocycles. The molecule has 2 aliphatic rings. The molecule has 0 bridgehead atoms. The number of aliphatic hydroxyl groups is 1. The minimum absolute atomic E-state index is 0.121. The van der Waals surface area contributed by atoms with Crippen LogP contribution in [0.15, 0.2) is 4.52 Å². The van der Waals surface area contributed by atoms with Crippen molar-refractivity contribution in [1.29, 1.82) is 0 Å². The Labute approximate surface area is 112 Å². The Kier molecular flexibility index (Phi) is 3.09. The maximum Gasteiger partial charge on any atom is 0.227 e. The highest BCUT2D eigenvalue weighted by Gasteiger charge is 2.43. The van der Waals surface area contributed by atoms with Gasteiger partial charge in [0.2, 0.25) is 5.91 Å². The second-order valence-electron chi connectivity index (χ2n) is 5.85. The molecule has 1 saturated carbocycles. The standard InChI is InChI=1S/C14H20N2O3/c1-8-11(9(2)19-15-8)5-14(18)16-6-10-3-4-13(17)12(10)7-16/h10,12-13,17H,3-7H2,1-2H3. The molecule has 1 aromatic heterocycles. The van der Waals surface area contributed by atoms with Crippen molar-refractivity contribution in [2.45, 2.75) is 39.2 Å². The molecule has 1 N–H and O–H groups in total. The van der Waals surface area contributed by atoms with E-state index >= 15 is 0 Å². The zero-order valence-electron chi connectivity index (χ0n) is 11.4. The van der Waals surface area contributed by atoms with Gasteiger partial charge in [-0.05, 0) is 32.6 Å². The summed E-state index contributed by atoms with van der Waals surface area (Å²) in [6, 6.07) is 0. The van der Waals surface area contributed by atoms with Crippen LogP contribution >= 0.6 is 0 Å². The fourth-order valence-electron chi connectivity index (χ4n) is 3.46. The molecule has 2 fully saturated rings. The Morgan fingerprint density at radius 3 is 2.84 bits per heavy atom. The smallest absolute Gasteiger partial charge is 0.227 e. The summed E-state index contributed by atoms with van der Waals surface area (Å²) in [5, 5.41) is 13.8. The molecule has 104 valence electrons. The van der Waals surface area contributed by atoms with Gasteiger partial charge in [-0.15, -0.1) is 0 Å². The molecule has 0 aromatic carbocycles. The van der Waals surface area contributed by atoms with E-state index in [-0.39, 0.29) is 17.9 Å². The van der Waals surface area contributed by atoms with Gasteiger partial charge in [-0.3, -0.25) is 4.79 Å². The van der Waals surface area contributed by atoms with Gasteiger partial charge in [0.15, 0.2) is 0 Å². The Hall–Kier alpha value is -1.36. The summed E-state index contributed by atoms with van der Waals surface area (Å²) in [4.78, 5) is 14.2. The lowest BCUT2D eigenvalue weighted by molar-refractivity contribution is -0.129. The van der Waals surface area contributed by atoms with Crippen LogP contribution in [0.1, 0.15) is 29.9 Å². The van der Waals surface area contributed by atoms with Gasteiger partial charge in [0.05, 0.1) is 18.2 Å². The predicted molar refractivity (Wildman–Crippen MR) is 68.5 cm³/mol. The van der Waals surface area contributed by atoms with Gasteiger partial charge >= 0.3 is 0 Å². The van der Waals surface area contributed by atoms with Crippen LogP contribution in [0.3, 0.4) is 0 Å². The number of fused-ring (bicyclic) bond motifs is 1. The first-order valence-electron chi connectivity index (χ1n) is 6.94. The lowest BCUT2D eigenvalue weighted by atomic mass is 10.00. The van der Waals surface area contributed by atoms with Crippen LogP contribution in [-0.4, -0.2) is 40.3 Å². The quantitative estimate of drug-likeness (QED) is 0.867. The monoisotopic (exact) mass is 264 g/mol. The summed E-state index contributed by atoms with van der Waals surface area (Å²) in [5.74, 6) is 1.62. The van der Waals surface area contributed by atoms with Crippen molar-refractivity contribution < 1.29 is 14.4 Å². The van der Waals surface area contributed by atoms with Gasteiger partial charge in [-0.2, -0.15) is 0 Å². The topological polar surface area (TPSA) is 66.6 Å². The van der Waals surface area contributed by atoms with Crippen molar-refractivity contribution in [3.63, 3.8) is 0 Å². The minimum atomic E-state index is -0.220. The van der Waals surface area contributed by atoms with Crippen LogP contribution in [0.25, 0.3) is 0 Å². The number of likely N-dealkylation sites (tertiary alicyclic amines) is 1. The number of aromatic nitrogens is 1. The molecule has 0 spiro atoms. The lowest BCUT2D eigenvalue weighted by Gasteiger charge is -2.18. The summed E-state index contributed by atoms with van der Waals surface area (Å²) in [7, 11) is 0. The second-order valence-corrected chi connectivity index (χ2v) is 5.85. The largest absolute Gasteiger partial charge is 0.393 e. The van der Waals surface area contributed by atoms with Crippen LogP contribution in [-0.2, 0) is 11.2 Å². The molecule has 5 heteroatoms. The van der Waals surface area contributed by atoms with Crippen molar-refractivity contribution >= 4 is 5.91 Å². The Morgan fingerprint density at radius 2 is 2.21 bits per heavy atom. The van der Waals surface area contributed by atoms with E-state index in [9.17, 15) is 9.90 Å². The highest BCUT2D eigenvalue weighted by Crippen LogP contribution is 2.38. The van der Waals surface area contributed by atoms with Crippen molar-refractivity contribution in [3.05, 3.63) is 17.0 Å². The highest BCUT2D eigenvalue weighted by molar-refractivity contribution is 5.79. The minimum Gasteiger partial charge on any atom is -0.393 e. The van der Waals surface area contributed by atoms with E-state index in [0.29, 0.717) is 18.9 Å². The molecule has 1 amide bonds. The Balaban J connectivity index is 1.66. The third-order valence-electron chi connectivity index (χ3n) is 4.68. The van der Waals surface area contributed by atoms with E-state index in [0.717, 1.165) is 36.4 Å². The second kappa shape index (κ2) is 4.63. The number of hydrogen-bond donors (Lipinski definition) is 1. The van der Waals surface area contributed by atoms with Gasteiger partial charge < -0.3 is 14.5 Å². The molecule has 1 aromatic rings. The molecule has 0 radical (unpaired) electrons. The summed E-state index contributed by atoms with van der Waals surface area (Å²) in [6.45, 7) is 5.20. The number of carbonyl (C=O) groups excluding carboxylic acids is 1. The number of aryl methyl sites for hydroxylation is 2. The highest BCUT2D eigenvalue weighted by atomic mass is 16.5. The predicted octanol–water partition coefficient (Wildman–Crippen LogP) is 1.06. The average molecular weight is 264 g/mol. The number of carbonyl (C=O) groups is 1. The summed E-state index contributed by atoms with van der Waals surface area (Å²) < 4.78 is 5.09. The number of hydrogen-bond acceptors (Lipinski definition) is 4. The Bertz CT molecular complexity index is 477. The first kappa shape index (κ1) is 12.7. The molecular formula is C14H20N2O3. The van der Waals surface area contributed by atoms with Gasteiger partial charge in [-0.25, -0.2) is 0 Å². The van der Waals surface area contributed by atoms with Gasteiger partial charge in [0.1, 0.15) is 5.76 Å². The third-order valence-corrected chi connectivity index (χ3v) is 4.68. The zero-order valence-corrected chi connectivity index (χ0v) is 11.4. The molecule has 3 atom stereocenters. The Morgan fingerprint density at radius 1 is 1.42 bits per heavy atom. The molecule has 3 unspecified atom stereocenters. The number of rotatable bonds is 2. The molecule has 1 aliphatic heterocycles. The normalized spacial score (nSPS) is 29.8. The van der Waals surface area contributed by atoms with Crippen LogP contribution in [0.2, 0.25) is 0 Å².